The zero-order chi connectivity index (χ0) is 22.8. The molecule has 1 aromatic carbocycles. The second kappa shape index (κ2) is 8.37. The molecule has 0 fully saturated rings. The molecule has 2 aromatic heterocycles. The number of anilines is 1. The van der Waals surface area contributed by atoms with Crippen molar-refractivity contribution in [2.24, 2.45) is 0 Å². The number of benzene rings is 1. The van der Waals surface area contributed by atoms with Crippen LogP contribution in [0.3, 0.4) is 0 Å². The van der Waals surface area contributed by atoms with E-state index < -0.39 is 17.7 Å². The maximum atomic E-state index is 13.2. The monoisotopic (exact) mass is 433 g/mol. The number of alkyl halides is 3. The van der Waals surface area contributed by atoms with Crippen LogP contribution in [-0.2, 0) is 10.9 Å². The molecule has 2 heterocycles. The largest absolute Gasteiger partial charge is 0.461 e. The van der Waals surface area contributed by atoms with Gasteiger partial charge in [-0.05, 0) is 45.9 Å². The number of hydrogen-bond acceptors (Lipinski definition) is 6. The van der Waals surface area contributed by atoms with Crippen molar-refractivity contribution in [2.75, 3.05) is 11.9 Å². The summed E-state index contributed by atoms with van der Waals surface area (Å²) in [6.45, 7) is 7.60. The van der Waals surface area contributed by atoms with Gasteiger partial charge in [0, 0.05) is 23.5 Å². The lowest BCUT2D eigenvalue weighted by molar-refractivity contribution is -0.137. The van der Waals surface area contributed by atoms with Gasteiger partial charge in [-0.2, -0.15) is 18.2 Å². The van der Waals surface area contributed by atoms with Crippen LogP contribution in [0.1, 0.15) is 43.7 Å². The van der Waals surface area contributed by atoms with Crippen LogP contribution < -0.4 is 5.32 Å². The van der Waals surface area contributed by atoms with Crippen molar-refractivity contribution >= 4 is 11.9 Å². The minimum atomic E-state index is -4.52. The third kappa shape index (κ3) is 5.39. The Morgan fingerprint density at radius 1 is 1.16 bits per heavy atom. The van der Waals surface area contributed by atoms with Crippen molar-refractivity contribution in [3.05, 3.63) is 54.0 Å². The number of esters is 1. The first kappa shape index (κ1) is 22.3. The molecular formula is C21H22F3N5O2. The number of halogens is 3. The summed E-state index contributed by atoms with van der Waals surface area (Å²) >= 11 is 0. The van der Waals surface area contributed by atoms with Crippen molar-refractivity contribution in [3.8, 4) is 17.2 Å². The summed E-state index contributed by atoms with van der Waals surface area (Å²) in [6.07, 6.45) is -1.62. The normalized spacial score (nSPS) is 12.0. The van der Waals surface area contributed by atoms with E-state index in [1.807, 2.05) is 20.8 Å². The highest BCUT2D eigenvalue weighted by Crippen LogP contribution is 2.32. The molecule has 164 valence electrons. The Labute approximate surface area is 177 Å². The smallest absolute Gasteiger partial charge is 0.416 e. The molecule has 0 unspecified atom stereocenters. The van der Waals surface area contributed by atoms with E-state index in [-0.39, 0.29) is 29.2 Å². The fourth-order valence-electron chi connectivity index (χ4n) is 2.78. The number of nitrogens with one attached hydrogen (secondary N) is 1. The lowest BCUT2D eigenvalue weighted by atomic mass is 10.1. The van der Waals surface area contributed by atoms with Gasteiger partial charge in [-0.3, -0.25) is 4.57 Å². The first-order chi connectivity index (χ1) is 14.5. The molecule has 3 rings (SSSR count). The zero-order valence-corrected chi connectivity index (χ0v) is 17.5. The van der Waals surface area contributed by atoms with E-state index in [0.717, 1.165) is 12.1 Å². The number of carbonyl (C=O) groups excluding carboxylic acids is 1. The summed E-state index contributed by atoms with van der Waals surface area (Å²) in [5.41, 5.74) is -1.00. The topological polar surface area (TPSA) is 81.9 Å². The molecule has 31 heavy (non-hydrogen) atoms. The molecule has 10 heteroatoms. The second-order valence-electron chi connectivity index (χ2n) is 7.73. The number of imidazole rings is 1. The molecule has 0 atom stereocenters. The Kier molecular flexibility index (Phi) is 6.01. The Morgan fingerprint density at radius 2 is 1.90 bits per heavy atom. The average Bonchev–Trinajstić information content (AvgIpc) is 3.12. The SMILES string of the molecule is CCOC(=O)c1cn(-c2ccnc(NC(C)(C)C)n2)c(-c2cccc(C(F)(F)F)c2)n1. The van der Waals surface area contributed by atoms with Crippen molar-refractivity contribution in [1.29, 1.82) is 0 Å². The minimum absolute atomic E-state index is 0.0433. The number of ether oxygens (including phenoxy) is 1. The lowest BCUT2D eigenvalue weighted by Gasteiger charge is -2.20. The molecule has 0 aliphatic rings. The number of rotatable bonds is 5. The van der Waals surface area contributed by atoms with Crippen LogP contribution in [0, 0.1) is 0 Å². The van der Waals surface area contributed by atoms with E-state index in [0.29, 0.717) is 11.8 Å². The summed E-state index contributed by atoms with van der Waals surface area (Å²) in [5.74, 6) is 0.0923. The summed E-state index contributed by atoms with van der Waals surface area (Å²) < 4.78 is 46.1. The van der Waals surface area contributed by atoms with Gasteiger partial charge in [0.15, 0.2) is 5.69 Å². The van der Waals surface area contributed by atoms with Crippen molar-refractivity contribution in [3.63, 3.8) is 0 Å². The Bertz CT molecular complexity index is 1090. The van der Waals surface area contributed by atoms with E-state index in [1.165, 1.54) is 29.1 Å². The van der Waals surface area contributed by atoms with E-state index in [2.05, 4.69) is 20.3 Å². The highest BCUT2D eigenvalue weighted by molar-refractivity contribution is 5.88. The van der Waals surface area contributed by atoms with Gasteiger partial charge in [-0.25, -0.2) is 14.8 Å². The number of hydrogen-bond donors (Lipinski definition) is 1. The Morgan fingerprint density at radius 3 is 2.55 bits per heavy atom. The predicted molar refractivity (Wildman–Crippen MR) is 109 cm³/mol. The summed E-state index contributed by atoms with van der Waals surface area (Å²) in [7, 11) is 0. The standard InChI is InChI=1S/C21H22F3N5O2/c1-5-31-18(30)15-12-29(16-9-10-25-19(27-16)28-20(2,3)4)17(26-15)13-7-6-8-14(11-13)21(22,23)24/h6-12H,5H2,1-4H3,(H,25,27,28). The molecule has 3 aromatic rings. The molecule has 0 bridgehead atoms. The van der Waals surface area contributed by atoms with Crippen LogP contribution in [0.15, 0.2) is 42.7 Å². The number of nitrogens with zero attached hydrogens (tertiary/aromatic N) is 4. The number of aromatic nitrogens is 4. The molecule has 0 amide bonds. The van der Waals surface area contributed by atoms with Crippen LogP contribution in [0.25, 0.3) is 17.2 Å². The first-order valence-electron chi connectivity index (χ1n) is 9.53. The van der Waals surface area contributed by atoms with Gasteiger partial charge in [0.25, 0.3) is 0 Å². The fraction of sp³-hybridized carbons (Fsp3) is 0.333. The van der Waals surface area contributed by atoms with Crippen LogP contribution in [0.2, 0.25) is 0 Å². The van der Waals surface area contributed by atoms with E-state index >= 15 is 0 Å². The molecule has 1 N–H and O–H groups in total. The maximum Gasteiger partial charge on any atom is 0.416 e. The van der Waals surface area contributed by atoms with Crippen LogP contribution in [0.4, 0.5) is 19.1 Å². The van der Waals surface area contributed by atoms with E-state index in [9.17, 15) is 18.0 Å². The molecule has 7 nitrogen and oxygen atoms in total. The minimum Gasteiger partial charge on any atom is -0.461 e. The first-order valence-corrected chi connectivity index (χ1v) is 9.53. The molecule has 0 radical (unpaired) electrons. The number of carbonyl (C=O) groups is 1. The Hall–Kier alpha value is -3.43. The summed E-state index contributed by atoms with van der Waals surface area (Å²) in [4.78, 5) is 25.1. The van der Waals surface area contributed by atoms with Crippen molar-refractivity contribution < 1.29 is 22.7 Å². The summed E-state index contributed by atoms with van der Waals surface area (Å²) in [5, 5.41) is 3.13. The summed E-state index contributed by atoms with van der Waals surface area (Å²) in [6, 6.07) is 6.29. The van der Waals surface area contributed by atoms with Gasteiger partial charge in [-0.1, -0.05) is 12.1 Å². The molecule has 0 saturated carbocycles. The van der Waals surface area contributed by atoms with Gasteiger partial charge in [0.05, 0.1) is 12.2 Å². The third-order valence-corrected chi connectivity index (χ3v) is 4.01. The van der Waals surface area contributed by atoms with Gasteiger partial charge >= 0.3 is 12.1 Å². The highest BCUT2D eigenvalue weighted by atomic mass is 19.4. The fourth-order valence-corrected chi connectivity index (χ4v) is 2.78. The quantitative estimate of drug-likeness (QED) is 0.586. The maximum absolute atomic E-state index is 13.2. The molecular weight excluding hydrogens is 411 g/mol. The zero-order valence-electron chi connectivity index (χ0n) is 17.5. The molecule has 0 saturated heterocycles. The predicted octanol–water partition coefficient (Wildman–Crippen LogP) is 4.74. The van der Waals surface area contributed by atoms with Gasteiger partial charge in [0.1, 0.15) is 11.6 Å². The molecule has 0 aliphatic heterocycles. The second-order valence-corrected chi connectivity index (χ2v) is 7.73. The average molecular weight is 433 g/mol. The Balaban J connectivity index is 2.14. The molecule has 0 aliphatic carbocycles. The van der Waals surface area contributed by atoms with E-state index in [4.69, 9.17) is 4.74 Å². The van der Waals surface area contributed by atoms with Gasteiger partial charge in [-0.15, -0.1) is 0 Å². The molecule has 0 spiro atoms. The third-order valence-electron chi connectivity index (χ3n) is 4.01. The highest BCUT2D eigenvalue weighted by Gasteiger charge is 2.31. The lowest BCUT2D eigenvalue weighted by Crippen LogP contribution is -2.27. The van der Waals surface area contributed by atoms with Crippen LogP contribution in [-0.4, -0.2) is 37.6 Å². The van der Waals surface area contributed by atoms with Crippen molar-refractivity contribution in [2.45, 2.75) is 39.4 Å². The van der Waals surface area contributed by atoms with Gasteiger partial charge in [0.2, 0.25) is 5.95 Å². The van der Waals surface area contributed by atoms with Gasteiger partial charge < -0.3 is 10.1 Å². The van der Waals surface area contributed by atoms with Crippen LogP contribution in [0.5, 0.6) is 0 Å². The van der Waals surface area contributed by atoms with E-state index in [1.54, 1.807) is 13.0 Å². The van der Waals surface area contributed by atoms with Crippen molar-refractivity contribution in [1.82, 2.24) is 19.5 Å². The van der Waals surface area contributed by atoms with Crippen LogP contribution >= 0.6 is 0 Å².